The molecule has 1 fully saturated rings. The Morgan fingerprint density at radius 2 is 2.35 bits per heavy atom. The molecule has 1 aromatic rings. The summed E-state index contributed by atoms with van der Waals surface area (Å²) >= 11 is 0. The van der Waals surface area contributed by atoms with Gasteiger partial charge in [-0.05, 0) is 56.6 Å². The van der Waals surface area contributed by atoms with Crippen LogP contribution in [-0.4, -0.2) is 31.1 Å². The topological polar surface area (TPSA) is 15.3 Å². The third kappa shape index (κ3) is 2.04. The van der Waals surface area contributed by atoms with Crippen LogP contribution < -0.4 is 5.32 Å². The fraction of sp³-hybridized carbons (Fsp3) is 0.571. The molecule has 2 atom stereocenters. The van der Waals surface area contributed by atoms with E-state index in [0.29, 0.717) is 12.0 Å². The number of anilines is 1. The first-order chi connectivity index (χ1) is 8.24. The lowest BCUT2D eigenvalue weighted by Gasteiger charge is -2.22. The van der Waals surface area contributed by atoms with E-state index in [0.717, 1.165) is 18.7 Å². The summed E-state index contributed by atoms with van der Waals surface area (Å²) in [7, 11) is 2.20. The number of hydrogen-bond acceptors (Lipinski definition) is 2. The van der Waals surface area contributed by atoms with Gasteiger partial charge in [0.25, 0.3) is 0 Å². The minimum atomic E-state index is -0.114. The van der Waals surface area contributed by atoms with Crippen molar-refractivity contribution in [2.24, 2.45) is 0 Å². The molecule has 0 aromatic heterocycles. The van der Waals surface area contributed by atoms with E-state index in [1.807, 2.05) is 6.07 Å². The molecule has 3 heteroatoms. The molecule has 2 heterocycles. The first-order valence-electron chi connectivity index (χ1n) is 6.47. The number of nitrogens with zero attached hydrogens (tertiary/aromatic N) is 1. The van der Waals surface area contributed by atoms with Gasteiger partial charge in [0, 0.05) is 24.2 Å². The van der Waals surface area contributed by atoms with Crippen molar-refractivity contribution in [2.45, 2.75) is 31.2 Å². The minimum Gasteiger partial charge on any atom is -0.384 e. The van der Waals surface area contributed by atoms with Crippen LogP contribution in [0.3, 0.4) is 0 Å². The quantitative estimate of drug-likeness (QED) is 0.846. The van der Waals surface area contributed by atoms with Gasteiger partial charge in [-0.2, -0.15) is 0 Å². The standard InChI is InChI=1S/C14H19FN2/c1-17-6-2-3-12(17)7-10-9-16-14-5-4-11(15)8-13(10)14/h4-5,8,10,12,16H,2-3,6-7,9H2,1H3/t10-,12-/m1/s1. The Balaban J connectivity index is 1.76. The second-order valence-corrected chi connectivity index (χ2v) is 5.32. The summed E-state index contributed by atoms with van der Waals surface area (Å²) in [4.78, 5) is 2.44. The van der Waals surface area contributed by atoms with Gasteiger partial charge in [0.05, 0.1) is 0 Å². The van der Waals surface area contributed by atoms with Crippen LogP contribution in [0.15, 0.2) is 18.2 Å². The van der Waals surface area contributed by atoms with E-state index in [4.69, 9.17) is 0 Å². The molecule has 1 aromatic carbocycles. The highest BCUT2D eigenvalue weighted by molar-refractivity contribution is 5.57. The Hall–Kier alpha value is -1.09. The van der Waals surface area contributed by atoms with Crippen LogP contribution in [-0.2, 0) is 0 Å². The average Bonchev–Trinajstić information content (AvgIpc) is 2.88. The predicted molar refractivity (Wildman–Crippen MR) is 67.9 cm³/mol. The van der Waals surface area contributed by atoms with E-state index < -0.39 is 0 Å². The van der Waals surface area contributed by atoms with Crippen LogP contribution in [0.1, 0.15) is 30.7 Å². The Morgan fingerprint density at radius 1 is 1.47 bits per heavy atom. The molecule has 2 aliphatic rings. The van der Waals surface area contributed by atoms with Crippen LogP contribution in [0, 0.1) is 5.82 Å². The second-order valence-electron chi connectivity index (χ2n) is 5.32. The van der Waals surface area contributed by atoms with Gasteiger partial charge in [0.15, 0.2) is 0 Å². The fourth-order valence-electron chi connectivity index (χ4n) is 3.19. The van der Waals surface area contributed by atoms with Gasteiger partial charge in [-0.3, -0.25) is 0 Å². The van der Waals surface area contributed by atoms with Gasteiger partial charge in [0.2, 0.25) is 0 Å². The highest BCUT2D eigenvalue weighted by Crippen LogP contribution is 2.36. The average molecular weight is 234 g/mol. The zero-order chi connectivity index (χ0) is 11.8. The van der Waals surface area contributed by atoms with Gasteiger partial charge in [-0.1, -0.05) is 0 Å². The maximum atomic E-state index is 13.3. The van der Waals surface area contributed by atoms with E-state index in [9.17, 15) is 4.39 Å². The number of fused-ring (bicyclic) bond motifs is 1. The monoisotopic (exact) mass is 234 g/mol. The first kappa shape index (κ1) is 11.0. The lowest BCUT2D eigenvalue weighted by Crippen LogP contribution is -2.27. The van der Waals surface area contributed by atoms with Crippen molar-refractivity contribution in [1.29, 1.82) is 0 Å². The van der Waals surface area contributed by atoms with E-state index in [1.165, 1.54) is 31.0 Å². The Morgan fingerprint density at radius 3 is 3.12 bits per heavy atom. The summed E-state index contributed by atoms with van der Waals surface area (Å²) in [5, 5.41) is 3.38. The van der Waals surface area contributed by atoms with E-state index in [2.05, 4.69) is 17.3 Å². The van der Waals surface area contributed by atoms with Gasteiger partial charge < -0.3 is 10.2 Å². The van der Waals surface area contributed by atoms with E-state index in [-0.39, 0.29) is 5.82 Å². The van der Waals surface area contributed by atoms with Gasteiger partial charge in [-0.15, -0.1) is 0 Å². The van der Waals surface area contributed by atoms with Gasteiger partial charge >= 0.3 is 0 Å². The summed E-state index contributed by atoms with van der Waals surface area (Å²) in [5.41, 5.74) is 2.29. The normalized spacial score (nSPS) is 28.1. The molecule has 0 aliphatic carbocycles. The van der Waals surface area contributed by atoms with Crippen LogP contribution in [0.2, 0.25) is 0 Å². The number of benzene rings is 1. The zero-order valence-corrected chi connectivity index (χ0v) is 10.2. The third-order valence-electron chi connectivity index (χ3n) is 4.22. The van der Waals surface area contributed by atoms with Crippen LogP contribution >= 0.6 is 0 Å². The number of nitrogens with one attached hydrogen (secondary N) is 1. The Kier molecular flexibility index (Phi) is 2.79. The Bertz CT molecular complexity index is 419. The lowest BCUT2D eigenvalue weighted by molar-refractivity contribution is 0.285. The number of hydrogen-bond donors (Lipinski definition) is 1. The van der Waals surface area contributed by atoms with Crippen molar-refractivity contribution in [3.8, 4) is 0 Å². The molecule has 3 rings (SSSR count). The smallest absolute Gasteiger partial charge is 0.123 e. The molecule has 0 unspecified atom stereocenters. The summed E-state index contributed by atoms with van der Waals surface area (Å²) in [5.74, 6) is 0.364. The predicted octanol–water partition coefficient (Wildman–Crippen LogP) is 2.82. The summed E-state index contributed by atoms with van der Waals surface area (Å²) in [6.07, 6.45) is 3.74. The lowest BCUT2D eigenvalue weighted by atomic mass is 9.93. The fourth-order valence-corrected chi connectivity index (χ4v) is 3.19. The molecule has 0 saturated carbocycles. The highest BCUT2D eigenvalue weighted by Gasteiger charge is 2.29. The van der Waals surface area contributed by atoms with Gasteiger partial charge in [0.1, 0.15) is 5.82 Å². The molecule has 1 N–H and O–H groups in total. The molecule has 17 heavy (non-hydrogen) atoms. The van der Waals surface area contributed by atoms with Crippen molar-refractivity contribution in [1.82, 2.24) is 4.90 Å². The molecule has 0 bridgehead atoms. The molecule has 1 saturated heterocycles. The van der Waals surface area contributed by atoms with Crippen molar-refractivity contribution < 1.29 is 4.39 Å². The molecular formula is C14H19FN2. The Labute approximate surface area is 102 Å². The van der Waals surface area contributed by atoms with Crippen molar-refractivity contribution in [2.75, 3.05) is 25.5 Å². The van der Waals surface area contributed by atoms with Crippen molar-refractivity contribution in [3.63, 3.8) is 0 Å². The first-order valence-corrected chi connectivity index (χ1v) is 6.47. The largest absolute Gasteiger partial charge is 0.384 e. The number of likely N-dealkylation sites (tertiary alicyclic amines) is 1. The van der Waals surface area contributed by atoms with Crippen molar-refractivity contribution >= 4 is 5.69 Å². The van der Waals surface area contributed by atoms with Crippen LogP contribution in [0.25, 0.3) is 0 Å². The second kappa shape index (κ2) is 4.30. The van der Waals surface area contributed by atoms with Crippen LogP contribution in [0.4, 0.5) is 10.1 Å². The molecule has 0 radical (unpaired) electrons. The van der Waals surface area contributed by atoms with Crippen LogP contribution in [0.5, 0.6) is 0 Å². The maximum Gasteiger partial charge on any atom is 0.123 e. The van der Waals surface area contributed by atoms with Gasteiger partial charge in [-0.25, -0.2) is 4.39 Å². The third-order valence-corrected chi connectivity index (χ3v) is 4.22. The maximum absolute atomic E-state index is 13.3. The zero-order valence-electron chi connectivity index (χ0n) is 10.2. The van der Waals surface area contributed by atoms with E-state index in [1.54, 1.807) is 6.07 Å². The summed E-state index contributed by atoms with van der Waals surface area (Å²) < 4.78 is 13.3. The molecule has 2 nitrogen and oxygen atoms in total. The minimum absolute atomic E-state index is 0.114. The number of rotatable bonds is 2. The molecular weight excluding hydrogens is 215 g/mol. The molecule has 2 aliphatic heterocycles. The molecule has 0 amide bonds. The van der Waals surface area contributed by atoms with E-state index >= 15 is 0 Å². The molecule has 92 valence electrons. The van der Waals surface area contributed by atoms with Crippen molar-refractivity contribution in [3.05, 3.63) is 29.6 Å². The summed E-state index contributed by atoms with van der Waals surface area (Å²) in [6.45, 7) is 2.17. The highest BCUT2D eigenvalue weighted by atomic mass is 19.1. The number of halogens is 1. The molecule has 0 spiro atoms. The SMILES string of the molecule is CN1CCC[C@@H]1C[C@@H]1CNc2ccc(F)cc21. The summed E-state index contributed by atoms with van der Waals surface area (Å²) in [6, 6.07) is 5.78.